The van der Waals surface area contributed by atoms with E-state index in [0.29, 0.717) is 11.3 Å². The highest BCUT2D eigenvalue weighted by Crippen LogP contribution is 2.48. The fraction of sp³-hybridized carbons (Fsp3) is 0.462. The molecule has 96 valence electrons. The van der Waals surface area contributed by atoms with Crippen molar-refractivity contribution in [2.24, 2.45) is 5.41 Å². The molecule has 0 atom stereocenters. The first-order valence-electron chi connectivity index (χ1n) is 6.04. The van der Waals surface area contributed by atoms with E-state index in [-0.39, 0.29) is 5.91 Å². The van der Waals surface area contributed by atoms with Crippen molar-refractivity contribution in [3.63, 3.8) is 0 Å². The highest BCUT2D eigenvalue weighted by Gasteiger charge is 2.41. The molecule has 2 nitrogen and oxygen atoms in total. The van der Waals surface area contributed by atoms with Gasteiger partial charge >= 0.3 is 0 Å². The lowest BCUT2D eigenvalue weighted by Gasteiger charge is -2.13. The summed E-state index contributed by atoms with van der Waals surface area (Å²) in [5.41, 5.74) is 0.298. The summed E-state index contributed by atoms with van der Waals surface area (Å²) in [4.78, 5) is 12.9. The third kappa shape index (κ3) is 2.42. The summed E-state index contributed by atoms with van der Waals surface area (Å²) in [6, 6.07) is 4.05. The van der Waals surface area contributed by atoms with Crippen LogP contribution in [0.3, 0.4) is 0 Å². The quantitative estimate of drug-likeness (QED) is 0.827. The average Bonchev–Trinajstić information content (AvgIpc) is 2.80. The van der Waals surface area contributed by atoms with E-state index in [0.717, 1.165) is 17.8 Å². The van der Waals surface area contributed by atoms with Gasteiger partial charge in [-0.2, -0.15) is 0 Å². The van der Waals surface area contributed by atoms with Crippen molar-refractivity contribution < 1.29 is 4.79 Å². The number of carbonyl (C=O) groups is 1. The fourth-order valence-electron chi connectivity index (χ4n) is 2.12. The Bertz CT molecular complexity index is 542. The van der Waals surface area contributed by atoms with E-state index in [4.69, 9.17) is 11.6 Å². The van der Waals surface area contributed by atoms with Crippen LogP contribution in [0.4, 0.5) is 0 Å². The van der Waals surface area contributed by atoms with Crippen molar-refractivity contribution in [3.05, 3.63) is 22.4 Å². The zero-order chi connectivity index (χ0) is 12.6. The minimum Gasteiger partial charge on any atom is -0.351 e. The zero-order valence-corrected chi connectivity index (χ0v) is 12.3. The molecule has 2 aromatic heterocycles. The van der Waals surface area contributed by atoms with E-state index in [2.05, 4.69) is 16.8 Å². The van der Waals surface area contributed by atoms with E-state index < -0.39 is 0 Å². The second kappa shape index (κ2) is 4.83. The molecule has 1 amide bonds. The van der Waals surface area contributed by atoms with Crippen LogP contribution in [0.15, 0.2) is 17.5 Å². The number of alkyl halides is 1. The molecule has 1 fully saturated rings. The third-order valence-corrected chi connectivity index (χ3v) is 5.85. The van der Waals surface area contributed by atoms with Gasteiger partial charge in [-0.15, -0.1) is 34.3 Å². The molecule has 0 unspecified atom stereocenters. The maximum atomic E-state index is 12.1. The summed E-state index contributed by atoms with van der Waals surface area (Å²) in [6.07, 6.45) is 3.40. The molecule has 0 radical (unpaired) electrons. The second-order valence-electron chi connectivity index (χ2n) is 4.88. The Hall–Kier alpha value is -0.580. The highest BCUT2D eigenvalue weighted by atomic mass is 35.5. The van der Waals surface area contributed by atoms with Gasteiger partial charge in [-0.25, -0.2) is 0 Å². The van der Waals surface area contributed by atoms with Crippen molar-refractivity contribution in [1.29, 1.82) is 0 Å². The van der Waals surface area contributed by atoms with Gasteiger partial charge in [-0.1, -0.05) is 0 Å². The maximum absolute atomic E-state index is 12.1. The topological polar surface area (TPSA) is 29.1 Å². The van der Waals surface area contributed by atoms with Crippen LogP contribution >= 0.6 is 34.3 Å². The minimum absolute atomic E-state index is 0.0595. The molecule has 18 heavy (non-hydrogen) atoms. The first-order chi connectivity index (χ1) is 8.72. The molecule has 0 bridgehead atoms. The molecule has 1 N–H and O–H groups in total. The van der Waals surface area contributed by atoms with Gasteiger partial charge in [-0.3, -0.25) is 4.79 Å². The van der Waals surface area contributed by atoms with Crippen molar-refractivity contribution in [3.8, 4) is 0 Å². The summed E-state index contributed by atoms with van der Waals surface area (Å²) in [5.74, 6) is 0.745. The molecule has 3 rings (SSSR count). The first kappa shape index (κ1) is 12.5. The predicted octanol–water partition coefficient (Wildman–Crippen LogP) is 4.10. The van der Waals surface area contributed by atoms with E-state index >= 15 is 0 Å². The fourth-order valence-corrected chi connectivity index (χ4v) is 4.55. The molecule has 0 aromatic carbocycles. The van der Waals surface area contributed by atoms with Crippen molar-refractivity contribution in [2.45, 2.75) is 19.3 Å². The normalized spacial score (nSPS) is 16.9. The Morgan fingerprint density at radius 2 is 2.28 bits per heavy atom. The standard InChI is InChI=1S/C13H14ClNOS2/c14-5-4-13(2-3-13)8-15-12(16)11-7-10-9(18-11)1-6-17-10/h1,6-7H,2-5,8H2,(H,15,16). The Morgan fingerprint density at radius 1 is 1.44 bits per heavy atom. The molecule has 1 saturated carbocycles. The monoisotopic (exact) mass is 299 g/mol. The number of hydrogen-bond acceptors (Lipinski definition) is 3. The number of carbonyl (C=O) groups excluding carboxylic acids is 1. The van der Waals surface area contributed by atoms with Gasteiger partial charge in [0.1, 0.15) is 0 Å². The van der Waals surface area contributed by atoms with Crippen LogP contribution in [0.5, 0.6) is 0 Å². The highest BCUT2D eigenvalue weighted by molar-refractivity contribution is 7.27. The lowest BCUT2D eigenvalue weighted by Crippen LogP contribution is -2.29. The van der Waals surface area contributed by atoms with Gasteiger partial charge in [0, 0.05) is 21.8 Å². The number of halogens is 1. The molecule has 2 heterocycles. The largest absolute Gasteiger partial charge is 0.351 e. The van der Waals surface area contributed by atoms with Crippen molar-refractivity contribution in [2.75, 3.05) is 12.4 Å². The molecule has 0 saturated heterocycles. The summed E-state index contributed by atoms with van der Waals surface area (Å²) < 4.78 is 2.40. The van der Waals surface area contributed by atoms with E-state index in [1.165, 1.54) is 22.2 Å². The molecule has 1 aliphatic carbocycles. The molecule has 2 aromatic rings. The summed E-state index contributed by atoms with van der Waals surface area (Å²) in [6.45, 7) is 0.768. The van der Waals surface area contributed by atoms with Gasteiger partial charge in [0.25, 0.3) is 5.91 Å². The van der Waals surface area contributed by atoms with Gasteiger partial charge in [0.2, 0.25) is 0 Å². The SMILES string of the molecule is O=C(NCC1(CCCl)CC1)c1cc2sccc2s1. The van der Waals surface area contributed by atoms with Crippen LogP contribution in [0.2, 0.25) is 0 Å². The Balaban J connectivity index is 1.63. The van der Waals surface area contributed by atoms with Crippen LogP contribution < -0.4 is 5.32 Å². The summed E-state index contributed by atoms with van der Waals surface area (Å²) in [5, 5.41) is 5.11. The predicted molar refractivity (Wildman–Crippen MR) is 79.0 cm³/mol. The van der Waals surface area contributed by atoms with Gasteiger partial charge in [0.15, 0.2) is 0 Å². The zero-order valence-electron chi connectivity index (χ0n) is 9.87. The smallest absolute Gasteiger partial charge is 0.261 e. The average molecular weight is 300 g/mol. The van der Waals surface area contributed by atoms with Crippen LogP contribution in [-0.2, 0) is 0 Å². The summed E-state index contributed by atoms with van der Waals surface area (Å²) >= 11 is 9.04. The van der Waals surface area contributed by atoms with Gasteiger partial charge < -0.3 is 5.32 Å². The van der Waals surface area contributed by atoms with Crippen LogP contribution in [0.25, 0.3) is 9.40 Å². The molecule has 1 aliphatic rings. The Labute approximate surface area is 119 Å². The van der Waals surface area contributed by atoms with Crippen LogP contribution in [0.1, 0.15) is 28.9 Å². The van der Waals surface area contributed by atoms with Gasteiger partial charge in [0.05, 0.1) is 4.88 Å². The van der Waals surface area contributed by atoms with E-state index in [9.17, 15) is 4.79 Å². The number of nitrogens with one attached hydrogen (secondary N) is 1. The van der Waals surface area contributed by atoms with Crippen molar-refractivity contribution >= 4 is 49.6 Å². The van der Waals surface area contributed by atoms with E-state index in [1.807, 2.05) is 6.07 Å². The van der Waals surface area contributed by atoms with Crippen LogP contribution in [-0.4, -0.2) is 18.3 Å². The first-order valence-corrected chi connectivity index (χ1v) is 8.27. The van der Waals surface area contributed by atoms with Crippen molar-refractivity contribution in [1.82, 2.24) is 5.32 Å². The van der Waals surface area contributed by atoms with Gasteiger partial charge in [-0.05, 0) is 42.2 Å². The molecular formula is C13H14ClNOS2. The Kier molecular flexibility index (Phi) is 3.34. The number of rotatable bonds is 5. The molecule has 0 spiro atoms. The summed E-state index contributed by atoms with van der Waals surface area (Å²) in [7, 11) is 0. The second-order valence-corrected chi connectivity index (χ2v) is 7.29. The number of fused-ring (bicyclic) bond motifs is 1. The molecule has 0 aliphatic heterocycles. The number of thiophene rings is 2. The molecule has 5 heteroatoms. The third-order valence-electron chi connectivity index (χ3n) is 3.57. The minimum atomic E-state index is 0.0595. The van der Waals surface area contributed by atoms with E-state index in [1.54, 1.807) is 22.7 Å². The maximum Gasteiger partial charge on any atom is 0.261 e. The Morgan fingerprint density at radius 3 is 2.94 bits per heavy atom. The molecular weight excluding hydrogens is 286 g/mol. The van der Waals surface area contributed by atoms with Crippen LogP contribution in [0, 0.1) is 5.41 Å². The number of hydrogen-bond donors (Lipinski definition) is 1. The lowest BCUT2D eigenvalue weighted by atomic mass is 10.0. The number of amides is 1. The lowest BCUT2D eigenvalue weighted by molar-refractivity contribution is 0.0948.